The fourth-order valence-corrected chi connectivity index (χ4v) is 3.68. The number of likely N-dealkylation sites (tertiary alicyclic amines) is 1. The number of ether oxygens (including phenoxy) is 3. The molecule has 1 aliphatic rings. The molecule has 1 fully saturated rings. The molecule has 1 saturated heterocycles. The van der Waals surface area contributed by atoms with Crippen LogP contribution in [0, 0.1) is 0 Å². The Kier molecular flexibility index (Phi) is 7.11. The lowest BCUT2D eigenvalue weighted by atomic mass is 10.0. The van der Waals surface area contributed by atoms with Crippen molar-refractivity contribution in [3.05, 3.63) is 59.7 Å². The normalized spacial score (nSPS) is 15.8. The van der Waals surface area contributed by atoms with Crippen molar-refractivity contribution in [3.63, 3.8) is 0 Å². The van der Waals surface area contributed by atoms with Gasteiger partial charge in [0.05, 0.1) is 20.3 Å². The Bertz CT molecular complexity index is 836. The average Bonchev–Trinajstić information content (AvgIpc) is 3.26. The van der Waals surface area contributed by atoms with E-state index in [1.54, 1.807) is 19.1 Å². The third-order valence-corrected chi connectivity index (χ3v) is 5.19. The molecule has 0 N–H and O–H groups in total. The number of esters is 1. The number of hydrogen-bond donors (Lipinski definition) is 0. The molecule has 0 aromatic heterocycles. The average molecular weight is 397 g/mol. The van der Waals surface area contributed by atoms with E-state index in [0.29, 0.717) is 18.7 Å². The standard InChI is InChI=1S/C23H27NO5/c1-27-18-11-12-21(28-2)19(15-18)20-9-6-14-24(20)22(25)16-29-23(26)13-10-17-7-4-3-5-8-17/h3-5,7-8,11-12,15,20H,6,9-10,13-14,16H2,1-2H3/t20-/m0/s1. The van der Waals surface area contributed by atoms with Crippen LogP contribution in [0.3, 0.4) is 0 Å². The van der Waals surface area contributed by atoms with Gasteiger partial charge in [-0.25, -0.2) is 0 Å². The van der Waals surface area contributed by atoms with Crippen molar-refractivity contribution in [1.82, 2.24) is 4.90 Å². The minimum atomic E-state index is -0.364. The van der Waals surface area contributed by atoms with Crippen LogP contribution in [-0.2, 0) is 20.7 Å². The molecule has 0 spiro atoms. The van der Waals surface area contributed by atoms with Gasteiger partial charge in [-0.1, -0.05) is 30.3 Å². The molecule has 2 aromatic rings. The van der Waals surface area contributed by atoms with Crippen molar-refractivity contribution in [2.24, 2.45) is 0 Å². The van der Waals surface area contributed by atoms with Crippen molar-refractivity contribution >= 4 is 11.9 Å². The van der Waals surface area contributed by atoms with Crippen LogP contribution in [0.25, 0.3) is 0 Å². The molecule has 29 heavy (non-hydrogen) atoms. The minimum absolute atomic E-state index is 0.115. The fourth-order valence-electron chi connectivity index (χ4n) is 3.68. The Morgan fingerprint density at radius 2 is 1.86 bits per heavy atom. The summed E-state index contributed by atoms with van der Waals surface area (Å²) in [7, 11) is 3.22. The van der Waals surface area contributed by atoms with Crippen LogP contribution in [0.4, 0.5) is 0 Å². The number of benzene rings is 2. The first-order chi connectivity index (χ1) is 14.1. The first-order valence-corrected chi connectivity index (χ1v) is 9.83. The molecule has 1 aliphatic heterocycles. The Hall–Kier alpha value is -3.02. The van der Waals surface area contributed by atoms with Crippen LogP contribution in [0.5, 0.6) is 11.5 Å². The summed E-state index contributed by atoms with van der Waals surface area (Å²) in [6, 6.07) is 15.2. The van der Waals surface area contributed by atoms with Crippen LogP contribution in [-0.4, -0.2) is 44.1 Å². The number of carbonyl (C=O) groups is 2. The summed E-state index contributed by atoms with van der Waals surface area (Å²) in [6.45, 7) is 0.391. The minimum Gasteiger partial charge on any atom is -0.497 e. The lowest BCUT2D eigenvalue weighted by Crippen LogP contribution is -2.34. The van der Waals surface area contributed by atoms with Crippen molar-refractivity contribution in [2.45, 2.75) is 31.7 Å². The maximum Gasteiger partial charge on any atom is 0.306 e. The van der Waals surface area contributed by atoms with Gasteiger partial charge < -0.3 is 19.1 Å². The van der Waals surface area contributed by atoms with Gasteiger partial charge in [-0.05, 0) is 43.0 Å². The highest BCUT2D eigenvalue weighted by Crippen LogP contribution is 2.38. The molecular weight excluding hydrogens is 370 g/mol. The Morgan fingerprint density at radius 1 is 1.07 bits per heavy atom. The van der Waals surface area contributed by atoms with Crippen molar-refractivity contribution in [2.75, 3.05) is 27.4 Å². The zero-order chi connectivity index (χ0) is 20.6. The first kappa shape index (κ1) is 20.7. The van der Waals surface area contributed by atoms with Crippen LogP contribution in [0.1, 0.15) is 36.4 Å². The van der Waals surface area contributed by atoms with E-state index >= 15 is 0 Å². The van der Waals surface area contributed by atoms with Crippen LogP contribution in [0.2, 0.25) is 0 Å². The molecule has 0 saturated carbocycles. The molecule has 154 valence electrons. The Labute approximate surface area is 171 Å². The van der Waals surface area contributed by atoms with E-state index in [9.17, 15) is 9.59 Å². The number of nitrogens with zero attached hydrogens (tertiary/aromatic N) is 1. The zero-order valence-electron chi connectivity index (χ0n) is 16.9. The second-order valence-corrected chi connectivity index (χ2v) is 7.00. The highest BCUT2D eigenvalue weighted by atomic mass is 16.5. The third-order valence-electron chi connectivity index (χ3n) is 5.19. The van der Waals surface area contributed by atoms with E-state index in [2.05, 4.69) is 0 Å². The first-order valence-electron chi connectivity index (χ1n) is 9.83. The lowest BCUT2D eigenvalue weighted by Gasteiger charge is -2.26. The van der Waals surface area contributed by atoms with Gasteiger partial charge in [0.15, 0.2) is 6.61 Å². The second kappa shape index (κ2) is 9.96. The summed E-state index contributed by atoms with van der Waals surface area (Å²) in [4.78, 5) is 26.5. The molecular formula is C23H27NO5. The summed E-state index contributed by atoms with van der Waals surface area (Å²) in [5.41, 5.74) is 1.98. The number of hydrogen-bond acceptors (Lipinski definition) is 5. The third kappa shape index (κ3) is 5.28. The van der Waals surface area contributed by atoms with E-state index < -0.39 is 0 Å². The summed E-state index contributed by atoms with van der Waals surface area (Å²) in [6.07, 6.45) is 2.57. The molecule has 6 heteroatoms. The van der Waals surface area contributed by atoms with Gasteiger partial charge in [0.2, 0.25) is 0 Å². The smallest absolute Gasteiger partial charge is 0.306 e. The van der Waals surface area contributed by atoms with Gasteiger partial charge in [-0.15, -0.1) is 0 Å². The SMILES string of the molecule is COc1ccc(OC)c([C@@H]2CCCN2C(=O)COC(=O)CCc2ccccc2)c1. The maximum absolute atomic E-state index is 12.7. The maximum atomic E-state index is 12.7. The number of carbonyl (C=O) groups excluding carboxylic acids is 2. The molecule has 1 amide bonds. The predicted octanol–water partition coefficient (Wildman–Crippen LogP) is 3.54. The molecule has 0 bridgehead atoms. The molecule has 0 aliphatic carbocycles. The van der Waals surface area contributed by atoms with Gasteiger partial charge >= 0.3 is 5.97 Å². The van der Waals surface area contributed by atoms with Crippen molar-refractivity contribution in [1.29, 1.82) is 0 Å². The fraction of sp³-hybridized carbons (Fsp3) is 0.391. The number of methoxy groups -OCH3 is 2. The summed E-state index contributed by atoms with van der Waals surface area (Å²) < 4.78 is 16.0. The number of rotatable bonds is 8. The summed E-state index contributed by atoms with van der Waals surface area (Å²) >= 11 is 0. The van der Waals surface area contributed by atoms with Crippen LogP contribution in [0.15, 0.2) is 48.5 Å². The molecule has 1 atom stereocenters. The van der Waals surface area contributed by atoms with E-state index in [4.69, 9.17) is 14.2 Å². The largest absolute Gasteiger partial charge is 0.497 e. The van der Waals surface area contributed by atoms with Crippen LogP contribution >= 0.6 is 0 Å². The molecule has 3 rings (SSSR count). The lowest BCUT2D eigenvalue weighted by molar-refractivity contribution is -0.152. The number of aryl methyl sites for hydroxylation is 1. The summed E-state index contributed by atoms with van der Waals surface area (Å²) in [5, 5.41) is 0. The highest BCUT2D eigenvalue weighted by Gasteiger charge is 2.32. The van der Waals surface area contributed by atoms with E-state index in [1.807, 2.05) is 48.5 Å². The van der Waals surface area contributed by atoms with Crippen LogP contribution < -0.4 is 9.47 Å². The van der Waals surface area contributed by atoms with E-state index in [0.717, 1.165) is 29.7 Å². The highest BCUT2D eigenvalue weighted by molar-refractivity contribution is 5.81. The zero-order valence-corrected chi connectivity index (χ0v) is 16.9. The van der Waals surface area contributed by atoms with Gasteiger partial charge in [0, 0.05) is 18.5 Å². The van der Waals surface area contributed by atoms with E-state index in [-0.39, 0.29) is 30.9 Å². The second-order valence-electron chi connectivity index (χ2n) is 7.00. The predicted molar refractivity (Wildman–Crippen MR) is 109 cm³/mol. The number of amides is 1. The molecule has 6 nitrogen and oxygen atoms in total. The quantitative estimate of drug-likeness (QED) is 0.638. The van der Waals surface area contributed by atoms with Crippen molar-refractivity contribution in [3.8, 4) is 11.5 Å². The molecule has 1 heterocycles. The monoisotopic (exact) mass is 397 g/mol. The van der Waals surface area contributed by atoms with Crippen molar-refractivity contribution < 1.29 is 23.8 Å². The van der Waals surface area contributed by atoms with Gasteiger partial charge in [-0.2, -0.15) is 0 Å². The van der Waals surface area contributed by atoms with E-state index in [1.165, 1.54) is 0 Å². The molecule has 2 aromatic carbocycles. The molecule has 0 radical (unpaired) electrons. The van der Waals surface area contributed by atoms with Gasteiger partial charge in [0.1, 0.15) is 11.5 Å². The summed E-state index contributed by atoms with van der Waals surface area (Å²) in [5.74, 6) is 0.880. The Morgan fingerprint density at radius 3 is 2.59 bits per heavy atom. The van der Waals surface area contributed by atoms with Gasteiger partial charge in [-0.3, -0.25) is 9.59 Å². The Balaban J connectivity index is 1.58. The topological polar surface area (TPSA) is 65.1 Å². The van der Waals surface area contributed by atoms with Gasteiger partial charge in [0.25, 0.3) is 5.91 Å². The molecule has 0 unspecified atom stereocenters.